The van der Waals surface area contributed by atoms with Gasteiger partial charge in [0.05, 0.1) is 12.1 Å². The molecule has 0 aliphatic carbocycles. The number of carbonyl (C=O) groups excluding carboxylic acids is 1. The van der Waals surface area contributed by atoms with Crippen molar-refractivity contribution in [3.8, 4) is 0 Å². The molecule has 2 atom stereocenters. The molecule has 1 aromatic heterocycles. The van der Waals surface area contributed by atoms with Crippen LogP contribution in [-0.2, 0) is 11.3 Å². The molecule has 0 spiro atoms. The maximum Gasteiger partial charge on any atom is 0.354 e. The van der Waals surface area contributed by atoms with Crippen molar-refractivity contribution < 1.29 is 14.7 Å². The second kappa shape index (κ2) is 8.14. The topological polar surface area (TPSA) is 89.5 Å². The number of carboxylic acid groups (broad SMARTS) is 1. The first-order chi connectivity index (χ1) is 13.6. The van der Waals surface area contributed by atoms with Crippen LogP contribution in [0.2, 0.25) is 0 Å². The number of hydrogen-bond acceptors (Lipinski definition) is 4. The Morgan fingerprint density at radius 2 is 1.96 bits per heavy atom. The summed E-state index contributed by atoms with van der Waals surface area (Å²) in [6, 6.07) is 10.3. The van der Waals surface area contributed by atoms with E-state index in [1.54, 1.807) is 6.20 Å². The summed E-state index contributed by atoms with van der Waals surface area (Å²) in [6.45, 7) is 3.94. The third-order valence-corrected chi connectivity index (χ3v) is 5.93. The van der Waals surface area contributed by atoms with Gasteiger partial charge < -0.3 is 10.0 Å². The molecule has 0 radical (unpaired) electrons. The van der Waals surface area contributed by atoms with Crippen LogP contribution >= 0.6 is 0 Å². The van der Waals surface area contributed by atoms with Crippen molar-refractivity contribution in [1.82, 2.24) is 20.0 Å². The summed E-state index contributed by atoms with van der Waals surface area (Å²) in [5.41, 5.74) is 2.13. The number of carbonyl (C=O) groups is 2. The van der Waals surface area contributed by atoms with Crippen LogP contribution in [0.1, 0.15) is 46.8 Å². The van der Waals surface area contributed by atoms with Crippen molar-refractivity contribution in [2.75, 3.05) is 26.2 Å². The molecule has 2 saturated heterocycles. The average molecular weight is 382 g/mol. The van der Waals surface area contributed by atoms with Gasteiger partial charge in [0, 0.05) is 37.7 Å². The Labute approximate surface area is 164 Å². The molecule has 2 N–H and O–H groups in total. The molecule has 0 bridgehead atoms. The van der Waals surface area contributed by atoms with E-state index in [0.717, 1.165) is 45.4 Å². The molecule has 2 aromatic rings. The fraction of sp³-hybridized carbons (Fsp3) is 0.476. The summed E-state index contributed by atoms with van der Waals surface area (Å²) in [7, 11) is 0. The van der Waals surface area contributed by atoms with E-state index in [1.165, 1.54) is 5.56 Å². The van der Waals surface area contributed by atoms with Crippen molar-refractivity contribution in [1.29, 1.82) is 0 Å². The number of aromatic amines is 1. The summed E-state index contributed by atoms with van der Waals surface area (Å²) >= 11 is 0. The number of likely N-dealkylation sites (tertiary alicyclic amines) is 2. The number of aromatic carboxylic acids is 1. The van der Waals surface area contributed by atoms with Crippen LogP contribution in [0.15, 0.2) is 36.5 Å². The quantitative estimate of drug-likeness (QED) is 0.828. The largest absolute Gasteiger partial charge is 0.477 e. The van der Waals surface area contributed by atoms with Crippen LogP contribution in [-0.4, -0.2) is 63.2 Å². The minimum absolute atomic E-state index is 0.0318. The SMILES string of the molecule is O=C(O)c1[nH]ncc1C1CCCN(C(=O)C2CCN(Cc3ccccc3)C2)C1. The number of rotatable bonds is 5. The molecule has 2 fully saturated rings. The van der Waals surface area contributed by atoms with Gasteiger partial charge in [-0.25, -0.2) is 4.79 Å². The van der Waals surface area contributed by atoms with Crippen LogP contribution in [0.3, 0.4) is 0 Å². The highest BCUT2D eigenvalue weighted by atomic mass is 16.4. The van der Waals surface area contributed by atoms with E-state index in [1.807, 2.05) is 23.1 Å². The van der Waals surface area contributed by atoms with E-state index in [-0.39, 0.29) is 23.4 Å². The van der Waals surface area contributed by atoms with E-state index in [0.29, 0.717) is 12.1 Å². The summed E-state index contributed by atoms with van der Waals surface area (Å²) in [6.07, 6.45) is 4.26. The van der Waals surface area contributed by atoms with E-state index >= 15 is 0 Å². The van der Waals surface area contributed by atoms with Crippen LogP contribution < -0.4 is 0 Å². The molecule has 0 saturated carbocycles. The zero-order chi connectivity index (χ0) is 19.5. The van der Waals surface area contributed by atoms with Gasteiger partial charge in [-0.05, 0) is 31.4 Å². The molecule has 148 valence electrons. The van der Waals surface area contributed by atoms with Gasteiger partial charge in [0.15, 0.2) is 0 Å². The highest BCUT2D eigenvalue weighted by Gasteiger charge is 2.35. The number of benzene rings is 1. The number of nitrogens with zero attached hydrogens (tertiary/aromatic N) is 3. The van der Waals surface area contributed by atoms with Gasteiger partial charge in [0.25, 0.3) is 0 Å². The zero-order valence-corrected chi connectivity index (χ0v) is 15.9. The maximum atomic E-state index is 13.1. The van der Waals surface area contributed by atoms with Gasteiger partial charge >= 0.3 is 5.97 Å². The highest BCUT2D eigenvalue weighted by Crippen LogP contribution is 2.30. The molecule has 7 heteroatoms. The molecule has 7 nitrogen and oxygen atoms in total. The molecule has 3 heterocycles. The second-order valence-electron chi connectivity index (χ2n) is 7.84. The molecule has 2 unspecified atom stereocenters. The number of nitrogens with one attached hydrogen (secondary N) is 1. The highest BCUT2D eigenvalue weighted by molar-refractivity contribution is 5.87. The summed E-state index contributed by atoms with van der Waals surface area (Å²) in [5.74, 6) is -0.723. The first-order valence-corrected chi connectivity index (χ1v) is 9.93. The number of aromatic nitrogens is 2. The number of hydrogen-bond donors (Lipinski definition) is 2. The van der Waals surface area contributed by atoms with E-state index in [9.17, 15) is 14.7 Å². The molecule has 28 heavy (non-hydrogen) atoms. The molecule has 4 rings (SSSR count). The Kier molecular flexibility index (Phi) is 5.43. The number of carboxylic acids is 1. The van der Waals surface area contributed by atoms with E-state index in [2.05, 4.69) is 27.2 Å². The first-order valence-electron chi connectivity index (χ1n) is 9.93. The Morgan fingerprint density at radius 3 is 2.75 bits per heavy atom. The zero-order valence-electron chi connectivity index (χ0n) is 15.9. The maximum absolute atomic E-state index is 13.1. The Bertz CT molecular complexity index is 835. The number of amides is 1. The molecule has 2 aliphatic heterocycles. The lowest BCUT2D eigenvalue weighted by Crippen LogP contribution is -2.43. The van der Waals surface area contributed by atoms with Crippen LogP contribution in [0.5, 0.6) is 0 Å². The van der Waals surface area contributed by atoms with E-state index < -0.39 is 5.97 Å². The fourth-order valence-corrected chi connectivity index (χ4v) is 4.49. The normalized spacial score (nSPS) is 23.1. The van der Waals surface area contributed by atoms with Crippen LogP contribution in [0.25, 0.3) is 0 Å². The van der Waals surface area contributed by atoms with Crippen molar-refractivity contribution in [2.45, 2.75) is 31.7 Å². The van der Waals surface area contributed by atoms with Gasteiger partial charge in [0.2, 0.25) is 5.91 Å². The van der Waals surface area contributed by atoms with Crippen molar-refractivity contribution in [2.24, 2.45) is 5.92 Å². The Balaban J connectivity index is 1.37. The molecule has 1 aromatic carbocycles. The molecule has 2 aliphatic rings. The summed E-state index contributed by atoms with van der Waals surface area (Å²) in [4.78, 5) is 28.7. The van der Waals surface area contributed by atoms with Crippen LogP contribution in [0, 0.1) is 5.92 Å². The lowest BCUT2D eigenvalue weighted by molar-refractivity contribution is -0.136. The third-order valence-electron chi connectivity index (χ3n) is 5.93. The van der Waals surface area contributed by atoms with Crippen molar-refractivity contribution in [3.05, 3.63) is 53.3 Å². The third kappa shape index (κ3) is 3.94. The standard InChI is InChI=1S/C21H26N4O3/c26-20(17-8-10-24(13-17)12-15-5-2-1-3-6-15)25-9-4-7-16(14-25)18-11-22-23-19(18)21(27)28/h1-3,5-6,11,16-17H,4,7-10,12-14H2,(H,22,23)(H,27,28). The smallest absolute Gasteiger partial charge is 0.354 e. The predicted octanol–water partition coefficient (Wildman–Crippen LogP) is 2.34. The van der Waals surface area contributed by atoms with Gasteiger partial charge in [-0.3, -0.25) is 14.8 Å². The Morgan fingerprint density at radius 1 is 1.14 bits per heavy atom. The second-order valence-corrected chi connectivity index (χ2v) is 7.84. The average Bonchev–Trinajstić information content (AvgIpc) is 3.38. The Hall–Kier alpha value is -2.67. The van der Waals surface area contributed by atoms with E-state index in [4.69, 9.17) is 0 Å². The minimum Gasteiger partial charge on any atom is -0.477 e. The monoisotopic (exact) mass is 382 g/mol. The van der Waals surface area contributed by atoms with Crippen LogP contribution in [0.4, 0.5) is 0 Å². The molecular weight excluding hydrogens is 356 g/mol. The van der Waals surface area contributed by atoms with Gasteiger partial charge in [0.1, 0.15) is 5.69 Å². The minimum atomic E-state index is -0.997. The van der Waals surface area contributed by atoms with Gasteiger partial charge in [-0.1, -0.05) is 30.3 Å². The molecular formula is C21H26N4O3. The van der Waals surface area contributed by atoms with Gasteiger partial charge in [-0.2, -0.15) is 5.10 Å². The summed E-state index contributed by atoms with van der Waals surface area (Å²) in [5, 5.41) is 15.8. The predicted molar refractivity (Wildman–Crippen MR) is 104 cm³/mol. The van der Waals surface area contributed by atoms with Gasteiger partial charge in [-0.15, -0.1) is 0 Å². The molecule has 1 amide bonds. The summed E-state index contributed by atoms with van der Waals surface area (Å²) < 4.78 is 0. The number of piperidine rings is 1. The fourth-order valence-electron chi connectivity index (χ4n) is 4.49. The van der Waals surface area contributed by atoms with Crippen molar-refractivity contribution >= 4 is 11.9 Å². The first kappa shape index (κ1) is 18.7. The lowest BCUT2D eigenvalue weighted by atomic mass is 9.90. The lowest BCUT2D eigenvalue weighted by Gasteiger charge is -2.34. The van der Waals surface area contributed by atoms with Crippen molar-refractivity contribution in [3.63, 3.8) is 0 Å². The number of H-pyrrole nitrogens is 1.